The van der Waals surface area contributed by atoms with Gasteiger partial charge >= 0.3 is 0 Å². The van der Waals surface area contributed by atoms with Gasteiger partial charge in [-0.2, -0.15) is 5.10 Å². The fourth-order valence-electron chi connectivity index (χ4n) is 2.57. The molecule has 0 saturated carbocycles. The molecule has 18 heavy (non-hydrogen) atoms. The maximum absolute atomic E-state index is 5.73. The Bertz CT molecular complexity index is 343. The van der Waals surface area contributed by atoms with E-state index in [9.17, 15) is 0 Å². The molecule has 0 aromatic carbocycles. The van der Waals surface area contributed by atoms with Crippen LogP contribution in [0.3, 0.4) is 0 Å². The first-order chi connectivity index (χ1) is 7.69. The number of nitrogens with two attached hydrogens (primary N) is 1. The maximum Gasteiger partial charge on any atom is 0.0522 e. The molecule has 2 unspecified atom stereocenters. The topological polar surface area (TPSA) is 47.1 Å². The van der Waals surface area contributed by atoms with E-state index in [4.69, 9.17) is 5.73 Å². The normalized spacial score (nSPS) is 23.5. The van der Waals surface area contributed by atoms with Crippen molar-refractivity contribution in [3.63, 3.8) is 0 Å². The minimum atomic E-state index is 0. The van der Waals surface area contributed by atoms with Crippen LogP contribution < -0.4 is 5.73 Å². The molecule has 0 aliphatic carbocycles. The van der Waals surface area contributed by atoms with E-state index in [0.717, 1.165) is 26.1 Å². The highest BCUT2D eigenvalue weighted by Crippen LogP contribution is 2.22. The number of hydrogen-bond donors (Lipinski definition) is 1. The third kappa shape index (κ3) is 4.43. The van der Waals surface area contributed by atoms with Crippen LogP contribution in [0.2, 0.25) is 0 Å². The number of likely N-dealkylation sites (tertiary alicyclic amines) is 1. The molecule has 1 aromatic heterocycles. The van der Waals surface area contributed by atoms with E-state index in [1.165, 1.54) is 12.0 Å². The summed E-state index contributed by atoms with van der Waals surface area (Å²) in [5, 5.41) is 4.19. The molecule has 1 aliphatic heterocycles. The van der Waals surface area contributed by atoms with Crippen molar-refractivity contribution in [2.24, 2.45) is 18.7 Å². The quantitative estimate of drug-likeness (QED) is 0.915. The van der Waals surface area contributed by atoms with Gasteiger partial charge in [0.1, 0.15) is 0 Å². The SMILES string of the molecule is CC1CC(CN)CN1CCc1cnn(C)c1.Cl.Cl. The highest BCUT2D eigenvalue weighted by molar-refractivity contribution is 5.85. The Kier molecular flexibility index (Phi) is 7.87. The first-order valence-corrected chi connectivity index (χ1v) is 6.10. The lowest BCUT2D eigenvalue weighted by Crippen LogP contribution is -2.29. The number of aryl methyl sites for hydroxylation is 1. The molecule has 2 rings (SSSR count). The molecule has 1 fully saturated rings. The van der Waals surface area contributed by atoms with Gasteiger partial charge < -0.3 is 5.73 Å². The molecule has 0 spiro atoms. The minimum Gasteiger partial charge on any atom is -0.330 e. The van der Waals surface area contributed by atoms with E-state index in [0.29, 0.717) is 12.0 Å². The van der Waals surface area contributed by atoms with E-state index < -0.39 is 0 Å². The van der Waals surface area contributed by atoms with Gasteiger partial charge in [-0.3, -0.25) is 9.58 Å². The van der Waals surface area contributed by atoms with Crippen molar-refractivity contribution in [1.29, 1.82) is 0 Å². The van der Waals surface area contributed by atoms with Crippen molar-refractivity contribution in [3.8, 4) is 0 Å². The average Bonchev–Trinajstić information content (AvgIpc) is 2.82. The lowest BCUT2D eigenvalue weighted by Gasteiger charge is -2.20. The van der Waals surface area contributed by atoms with E-state index in [1.54, 1.807) is 0 Å². The Hall–Kier alpha value is -0.290. The Morgan fingerprint density at radius 2 is 2.17 bits per heavy atom. The zero-order valence-corrected chi connectivity index (χ0v) is 12.7. The van der Waals surface area contributed by atoms with Crippen molar-refractivity contribution < 1.29 is 0 Å². The fourth-order valence-corrected chi connectivity index (χ4v) is 2.57. The number of nitrogens with zero attached hydrogens (tertiary/aromatic N) is 3. The minimum absolute atomic E-state index is 0. The number of halogens is 2. The summed E-state index contributed by atoms with van der Waals surface area (Å²) in [6, 6.07) is 0.685. The Morgan fingerprint density at radius 3 is 2.67 bits per heavy atom. The number of aromatic nitrogens is 2. The lowest BCUT2D eigenvalue weighted by atomic mass is 10.1. The predicted octanol–water partition coefficient (Wildman–Crippen LogP) is 1.48. The van der Waals surface area contributed by atoms with Crippen LogP contribution in [0.15, 0.2) is 12.4 Å². The second kappa shape index (κ2) is 8.00. The van der Waals surface area contributed by atoms with E-state index in [-0.39, 0.29) is 24.8 Å². The molecule has 2 atom stereocenters. The van der Waals surface area contributed by atoms with Gasteiger partial charge in [0, 0.05) is 32.4 Å². The molecular weight excluding hydrogens is 271 g/mol. The maximum atomic E-state index is 5.73. The molecule has 1 aliphatic rings. The molecule has 1 aromatic rings. The fraction of sp³-hybridized carbons (Fsp3) is 0.750. The molecule has 0 bridgehead atoms. The van der Waals surface area contributed by atoms with Gasteiger partial charge in [-0.25, -0.2) is 0 Å². The van der Waals surface area contributed by atoms with Crippen molar-refractivity contribution >= 4 is 24.8 Å². The molecule has 2 heterocycles. The Labute approximate surface area is 122 Å². The first kappa shape index (κ1) is 17.7. The van der Waals surface area contributed by atoms with Crippen molar-refractivity contribution in [2.75, 3.05) is 19.6 Å². The monoisotopic (exact) mass is 294 g/mol. The van der Waals surface area contributed by atoms with Gasteiger partial charge in [0.05, 0.1) is 6.20 Å². The summed E-state index contributed by atoms with van der Waals surface area (Å²) in [6.07, 6.45) is 6.40. The molecule has 106 valence electrons. The van der Waals surface area contributed by atoms with Crippen LogP contribution in [0.1, 0.15) is 18.9 Å². The zero-order chi connectivity index (χ0) is 11.5. The van der Waals surface area contributed by atoms with Gasteiger partial charge in [0.15, 0.2) is 0 Å². The standard InChI is InChI=1S/C12H22N4.2ClH/c1-10-5-12(6-13)9-16(10)4-3-11-7-14-15(2)8-11;;/h7-8,10,12H,3-6,9,13H2,1-2H3;2*1H. The highest BCUT2D eigenvalue weighted by atomic mass is 35.5. The molecule has 6 heteroatoms. The lowest BCUT2D eigenvalue weighted by molar-refractivity contribution is 0.268. The summed E-state index contributed by atoms with van der Waals surface area (Å²) in [5.74, 6) is 0.698. The van der Waals surface area contributed by atoms with Crippen LogP contribution >= 0.6 is 24.8 Å². The van der Waals surface area contributed by atoms with Crippen LogP contribution in [-0.4, -0.2) is 40.4 Å². The molecule has 0 radical (unpaired) electrons. The third-order valence-electron chi connectivity index (χ3n) is 3.57. The number of rotatable bonds is 4. The first-order valence-electron chi connectivity index (χ1n) is 6.10. The molecular formula is C12H24Cl2N4. The Morgan fingerprint density at radius 1 is 1.44 bits per heavy atom. The van der Waals surface area contributed by atoms with E-state index in [1.807, 2.05) is 17.9 Å². The molecule has 1 saturated heterocycles. The molecule has 4 nitrogen and oxygen atoms in total. The van der Waals surface area contributed by atoms with Gasteiger partial charge in [0.25, 0.3) is 0 Å². The summed E-state index contributed by atoms with van der Waals surface area (Å²) >= 11 is 0. The third-order valence-corrected chi connectivity index (χ3v) is 3.57. The molecule has 0 amide bonds. The van der Waals surface area contributed by atoms with Crippen molar-refractivity contribution in [2.45, 2.75) is 25.8 Å². The van der Waals surface area contributed by atoms with Gasteiger partial charge in [-0.1, -0.05) is 0 Å². The van der Waals surface area contributed by atoms with E-state index in [2.05, 4.69) is 23.1 Å². The second-order valence-corrected chi connectivity index (χ2v) is 4.95. The Balaban J connectivity index is 0.00000144. The zero-order valence-electron chi connectivity index (χ0n) is 11.1. The van der Waals surface area contributed by atoms with Crippen LogP contribution in [0.4, 0.5) is 0 Å². The van der Waals surface area contributed by atoms with Crippen molar-refractivity contribution in [1.82, 2.24) is 14.7 Å². The summed E-state index contributed by atoms with van der Waals surface area (Å²) in [7, 11) is 1.96. The predicted molar refractivity (Wildman–Crippen MR) is 79.6 cm³/mol. The number of hydrogen-bond acceptors (Lipinski definition) is 3. The summed E-state index contributed by atoms with van der Waals surface area (Å²) < 4.78 is 1.87. The summed E-state index contributed by atoms with van der Waals surface area (Å²) in [4.78, 5) is 2.55. The smallest absolute Gasteiger partial charge is 0.0522 e. The summed E-state index contributed by atoms with van der Waals surface area (Å²) in [6.45, 7) is 5.42. The van der Waals surface area contributed by atoms with Crippen LogP contribution in [0.5, 0.6) is 0 Å². The van der Waals surface area contributed by atoms with Crippen LogP contribution in [-0.2, 0) is 13.5 Å². The van der Waals surface area contributed by atoms with Crippen LogP contribution in [0.25, 0.3) is 0 Å². The average molecular weight is 295 g/mol. The van der Waals surface area contributed by atoms with Crippen molar-refractivity contribution in [3.05, 3.63) is 18.0 Å². The molecule has 2 N–H and O–H groups in total. The van der Waals surface area contributed by atoms with Gasteiger partial charge in [0.2, 0.25) is 0 Å². The second-order valence-electron chi connectivity index (χ2n) is 4.95. The highest BCUT2D eigenvalue weighted by Gasteiger charge is 2.27. The van der Waals surface area contributed by atoms with Crippen LogP contribution in [0, 0.1) is 5.92 Å². The largest absolute Gasteiger partial charge is 0.330 e. The van der Waals surface area contributed by atoms with Gasteiger partial charge in [-0.05, 0) is 37.8 Å². The summed E-state index contributed by atoms with van der Waals surface area (Å²) in [5.41, 5.74) is 7.05. The van der Waals surface area contributed by atoms with E-state index >= 15 is 0 Å². The van der Waals surface area contributed by atoms with Gasteiger partial charge in [-0.15, -0.1) is 24.8 Å².